The monoisotopic (exact) mass is 394 g/mol. The number of nitrogens with zero attached hydrogens (tertiary/aromatic N) is 1. The van der Waals surface area contributed by atoms with Gasteiger partial charge in [-0.25, -0.2) is 9.78 Å². The van der Waals surface area contributed by atoms with Crippen LogP contribution in [0.3, 0.4) is 0 Å². The second-order valence-electron chi connectivity index (χ2n) is 5.85. The zero-order valence-electron chi connectivity index (χ0n) is 15.4. The first-order valence-electron chi connectivity index (χ1n) is 8.66. The van der Waals surface area contributed by atoms with Crippen LogP contribution >= 0.6 is 11.3 Å². The lowest BCUT2D eigenvalue weighted by molar-refractivity contribution is 0.0530. The molecule has 1 N–H and O–H groups in total. The van der Waals surface area contributed by atoms with E-state index in [-0.39, 0.29) is 23.1 Å². The highest BCUT2D eigenvalue weighted by atomic mass is 32.1. The van der Waals surface area contributed by atoms with E-state index in [2.05, 4.69) is 10.3 Å². The highest BCUT2D eigenvalue weighted by molar-refractivity contribution is 7.17. The molecule has 0 aliphatic heterocycles. The van der Waals surface area contributed by atoms with E-state index in [1.807, 2.05) is 6.07 Å². The number of benzene rings is 2. The number of aryl methyl sites for hydroxylation is 1. The van der Waals surface area contributed by atoms with Crippen LogP contribution in [0.25, 0.3) is 0 Å². The molecule has 0 atom stereocenters. The van der Waals surface area contributed by atoms with Crippen LogP contribution in [0.2, 0.25) is 0 Å². The van der Waals surface area contributed by atoms with Gasteiger partial charge in [-0.05, 0) is 19.9 Å². The second kappa shape index (κ2) is 8.58. The van der Waals surface area contributed by atoms with Crippen molar-refractivity contribution in [2.24, 2.45) is 0 Å². The van der Waals surface area contributed by atoms with Gasteiger partial charge in [-0.1, -0.05) is 59.9 Å². The summed E-state index contributed by atoms with van der Waals surface area (Å²) in [5.41, 5.74) is 1.51. The van der Waals surface area contributed by atoms with E-state index < -0.39 is 11.9 Å². The normalized spacial score (nSPS) is 10.4. The summed E-state index contributed by atoms with van der Waals surface area (Å²) in [5, 5.41) is 2.94. The van der Waals surface area contributed by atoms with Crippen molar-refractivity contribution in [3.8, 4) is 0 Å². The zero-order chi connectivity index (χ0) is 20.1. The minimum absolute atomic E-state index is 0.238. The van der Waals surface area contributed by atoms with Gasteiger partial charge in [-0.2, -0.15) is 0 Å². The SMILES string of the molecule is CCOC(=O)c1sc(NC(=O)c2ccccc2C(=O)c2ccccc2)nc1C. The number of rotatable bonds is 6. The molecule has 1 aromatic heterocycles. The van der Waals surface area contributed by atoms with Crippen LogP contribution in [-0.2, 0) is 4.74 Å². The van der Waals surface area contributed by atoms with Crippen molar-refractivity contribution < 1.29 is 19.1 Å². The molecule has 0 unspecified atom stereocenters. The standard InChI is InChI=1S/C21H18N2O4S/c1-3-27-20(26)18-13(2)22-21(28-18)23-19(25)16-12-8-7-11-15(16)17(24)14-9-5-4-6-10-14/h4-12H,3H2,1-2H3,(H,22,23,25). The largest absolute Gasteiger partial charge is 0.462 e. The van der Waals surface area contributed by atoms with Crippen molar-refractivity contribution in [3.63, 3.8) is 0 Å². The van der Waals surface area contributed by atoms with Crippen LogP contribution in [0.15, 0.2) is 54.6 Å². The van der Waals surface area contributed by atoms with Gasteiger partial charge in [-0.3, -0.25) is 14.9 Å². The van der Waals surface area contributed by atoms with Crippen LogP contribution in [0.5, 0.6) is 0 Å². The molecule has 7 heteroatoms. The molecule has 0 fully saturated rings. The van der Waals surface area contributed by atoms with Gasteiger partial charge in [0.2, 0.25) is 0 Å². The molecule has 3 aromatic rings. The third-order valence-electron chi connectivity index (χ3n) is 3.93. The maximum atomic E-state index is 12.8. The fraction of sp³-hybridized carbons (Fsp3) is 0.143. The first-order valence-corrected chi connectivity index (χ1v) is 9.47. The summed E-state index contributed by atoms with van der Waals surface area (Å²) in [7, 11) is 0. The van der Waals surface area contributed by atoms with Crippen LogP contribution < -0.4 is 5.32 Å². The van der Waals surface area contributed by atoms with Crippen LogP contribution in [-0.4, -0.2) is 29.3 Å². The zero-order valence-corrected chi connectivity index (χ0v) is 16.2. The molecule has 28 heavy (non-hydrogen) atoms. The number of nitrogens with one attached hydrogen (secondary N) is 1. The molecular formula is C21H18N2O4S. The maximum Gasteiger partial charge on any atom is 0.350 e. The van der Waals surface area contributed by atoms with Crippen LogP contribution in [0.1, 0.15) is 48.6 Å². The van der Waals surface area contributed by atoms with Gasteiger partial charge in [0.15, 0.2) is 10.9 Å². The van der Waals surface area contributed by atoms with Gasteiger partial charge in [0.05, 0.1) is 17.9 Å². The van der Waals surface area contributed by atoms with E-state index in [0.717, 1.165) is 11.3 Å². The third-order valence-corrected chi connectivity index (χ3v) is 4.98. The molecule has 6 nitrogen and oxygen atoms in total. The van der Waals surface area contributed by atoms with Gasteiger partial charge >= 0.3 is 5.97 Å². The highest BCUT2D eigenvalue weighted by Crippen LogP contribution is 2.24. The predicted octanol–water partition coefficient (Wildman–Crippen LogP) is 4.11. The average Bonchev–Trinajstić information content (AvgIpc) is 3.08. The van der Waals surface area contributed by atoms with Crippen molar-refractivity contribution in [2.75, 3.05) is 11.9 Å². The van der Waals surface area contributed by atoms with E-state index in [4.69, 9.17) is 4.74 Å². The molecule has 3 rings (SSSR count). The number of amides is 1. The Morgan fingerprint density at radius 1 is 1.00 bits per heavy atom. The first-order chi connectivity index (χ1) is 13.5. The molecule has 0 aliphatic carbocycles. The Hall–Kier alpha value is -3.32. The quantitative estimate of drug-likeness (QED) is 0.502. The molecule has 0 saturated heterocycles. The molecule has 1 heterocycles. The van der Waals surface area contributed by atoms with Gasteiger partial charge in [0.1, 0.15) is 4.88 Å². The molecule has 0 radical (unpaired) electrons. The summed E-state index contributed by atoms with van der Waals surface area (Å²) in [6.45, 7) is 3.65. The van der Waals surface area contributed by atoms with Crippen molar-refractivity contribution in [3.05, 3.63) is 81.9 Å². The number of esters is 1. The van der Waals surface area contributed by atoms with E-state index in [1.165, 1.54) is 0 Å². The summed E-state index contributed by atoms with van der Waals surface area (Å²) >= 11 is 1.04. The lowest BCUT2D eigenvalue weighted by Crippen LogP contribution is -2.16. The fourth-order valence-corrected chi connectivity index (χ4v) is 3.48. The predicted molar refractivity (Wildman–Crippen MR) is 107 cm³/mol. The minimum Gasteiger partial charge on any atom is -0.462 e. The number of hydrogen-bond donors (Lipinski definition) is 1. The van der Waals surface area contributed by atoms with Gasteiger partial charge in [0, 0.05) is 11.1 Å². The smallest absolute Gasteiger partial charge is 0.350 e. The van der Waals surface area contributed by atoms with Crippen molar-refractivity contribution >= 4 is 34.1 Å². The Morgan fingerprint density at radius 3 is 2.32 bits per heavy atom. The molecule has 2 aromatic carbocycles. The van der Waals surface area contributed by atoms with Crippen molar-refractivity contribution in [1.82, 2.24) is 4.98 Å². The minimum atomic E-state index is -0.474. The van der Waals surface area contributed by atoms with Gasteiger partial charge < -0.3 is 4.74 Å². The molecule has 0 bridgehead atoms. The maximum absolute atomic E-state index is 12.8. The summed E-state index contributed by atoms with van der Waals surface area (Å²) in [5.74, 6) is -1.18. The number of thiazole rings is 1. The summed E-state index contributed by atoms with van der Waals surface area (Å²) in [6.07, 6.45) is 0. The number of carbonyl (C=O) groups is 3. The molecule has 1 amide bonds. The van der Waals surface area contributed by atoms with Crippen LogP contribution in [0, 0.1) is 6.92 Å². The van der Waals surface area contributed by atoms with E-state index >= 15 is 0 Å². The Morgan fingerprint density at radius 2 is 1.64 bits per heavy atom. The Labute approximate surface area is 166 Å². The highest BCUT2D eigenvalue weighted by Gasteiger charge is 2.21. The summed E-state index contributed by atoms with van der Waals surface area (Å²) < 4.78 is 4.99. The number of ketones is 1. The topological polar surface area (TPSA) is 85.4 Å². The average molecular weight is 394 g/mol. The Balaban J connectivity index is 1.86. The lowest BCUT2D eigenvalue weighted by Gasteiger charge is -2.08. The van der Waals surface area contributed by atoms with E-state index in [0.29, 0.717) is 21.7 Å². The number of carbonyl (C=O) groups excluding carboxylic acids is 3. The second-order valence-corrected chi connectivity index (χ2v) is 6.85. The molecule has 0 saturated carbocycles. The number of anilines is 1. The van der Waals surface area contributed by atoms with Crippen molar-refractivity contribution in [1.29, 1.82) is 0 Å². The molecule has 0 aliphatic rings. The summed E-state index contributed by atoms with van der Waals surface area (Å²) in [6, 6.07) is 15.4. The van der Waals surface area contributed by atoms with Gasteiger partial charge in [-0.15, -0.1) is 0 Å². The summed E-state index contributed by atoms with van der Waals surface area (Å²) in [4.78, 5) is 42.0. The third kappa shape index (κ3) is 4.15. The van der Waals surface area contributed by atoms with Crippen LogP contribution in [0.4, 0.5) is 5.13 Å². The van der Waals surface area contributed by atoms with Crippen molar-refractivity contribution in [2.45, 2.75) is 13.8 Å². The van der Waals surface area contributed by atoms with E-state index in [1.54, 1.807) is 62.4 Å². The molecule has 0 spiro atoms. The number of aromatic nitrogens is 1. The van der Waals surface area contributed by atoms with E-state index in [9.17, 15) is 14.4 Å². The Kier molecular flexibility index (Phi) is 5.96. The number of hydrogen-bond acceptors (Lipinski definition) is 6. The fourth-order valence-electron chi connectivity index (χ4n) is 2.62. The molecular weight excluding hydrogens is 376 g/mol. The molecule has 142 valence electrons. The lowest BCUT2D eigenvalue weighted by atomic mass is 9.98. The first kappa shape index (κ1) is 19.4. The van der Waals surface area contributed by atoms with Gasteiger partial charge in [0.25, 0.3) is 5.91 Å². The number of ether oxygens (including phenoxy) is 1. The Bertz CT molecular complexity index is 1030.